The zero-order valence-electron chi connectivity index (χ0n) is 19.7. The normalized spacial score (nSPS) is 15.6. The average molecular weight is 484 g/mol. The van der Waals surface area contributed by atoms with E-state index in [1.54, 1.807) is 44.4 Å². The first-order valence-electron chi connectivity index (χ1n) is 10.4. The molecule has 4 rings (SSSR count). The standard InChI is InChI=1S/C24H25N3O6S/c1-13-20(23(29)32-6)21(16-9-7-14(30-4)11-17(16)31-5)27-22(28)18(34-24(27)25-13)12-15-8-10-19(33-15)26(2)3/h7-12,21H,1-6H3/b18-12-/t21-/m1/s1. The number of hydrogen-bond donors (Lipinski definition) is 0. The first-order valence-corrected chi connectivity index (χ1v) is 11.2. The van der Waals surface area contributed by atoms with E-state index < -0.39 is 12.0 Å². The molecule has 0 spiro atoms. The highest BCUT2D eigenvalue weighted by atomic mass is 32.1. The highest BCUT2D eigenvalue weighted by Gasteiger charge is 2.35. The number of carbonyl (C=O) groups is 1. The van der Waals surface area contributed by atoms with Crippen molar-refractivity contribution in [3.05, 3.63) is 72.6 Å². The molecule has 0 bridgehead atoms. The molecule has 3 aromatic rings. The van der Waals surface area contributed by atoms with Gasteiger partial charge in [0.15, 0.2) is 10.7 Å². The number of fused-ring (bicyclic) bond motifs is 1. The molecule has 1 aromatic carbocycles. The SMILES string of the molecule is COC(=O)C1=C(C)N=c2s/c(=C\c3ccc(N(C)C)o3)c(=O)n2[C@@H]1c1ccc(OC)cc1OC. The summed E-state index contributed by atoms with van der Waals surface area (Å²) >= 11 is 1.22. The molecule has 34 heavy (non-hydrogen) atoms. The van der Waals surface area contributed by atoms with Crippen LogP contribution in [-0.4, -0.2) is 46.0 Å². The highest BCUT2D eigenvalue weighted by Crippen LogP contribution is 2.37. The zero-order valence-corrected chi connectivity index (χ0v) is 20.6. The van der Waals surface area contributed by atoms with Gasteiger partial charge in [-0.15, -0.1) is 0 Å². The number of nitrogens with zero attached hydrogens (tertiary/aromatic N) is 3. The van der Waals surface area contributed by atoms with Crippen LogP contribution in [0, 0.1) is 0 Å². The van der Waals surface area contributed by atoms with Crippen LogP contribution in [0.2, 0.25) is 0 Å². The summed E-state index contributed by atoms with van der Waals surface area (Å²) in [5.41, 5.74) is 1.04. The fourth-order valence-corrected chi connectivity index (χ4v) is 4.85. The van der Waals surface area contributed by atoms with Gasteiger partial charge in [-0.2, -0.15) is 0 Å². The van der Waals surface area contributed by atoms with Crippen molar-refractivity contribution < 1.29 is 23.4 Å². The fourth-order valence-electron chi connectivity index (χ4n) is 3.82. The minimum absolute atomic E-state index is 0.262. The number of furan rings is 1. The molecule has 0 amide bonds. The van der Waals surface area contributed by atoms with Gasteiger partial charge in [0.2, 0.25) is 0 Å². The minimum Gasteiger partial charge on any atom is -0.497 e. The maximum Gasteiger partial charge on any atom is 0.338 e. The van der Waals surface area contributed by atoms with Crippen molar-refractivity contribution in [3.8, 4) is 11.5 Å². The summed E-state index contributed by atoms with van der Waals surface area (Å²) in [6.07, 6.45) is 1.68. The van der Waals surface area contributed by atoms with Gasteiger partial charge in [0.25, 0.3) is 5.56 Å². The quantitative estimate of drug-likeness (QED) is 0.496. The van der Waals surface area contributed by atoms with Crippen LogP contribution >= 0.6 is 11.3 Å². The first kappa shape index (κ1) is 23.4. The molecule has 1 aliphatic rings. The van der Waals surface area contributed by atoms with Crippen LogP contribution in [0.1, 0.15) is 24.3 Å². The lowest BCUT2D eigenvalue weighted by molar-refractivity contribution is -0.136. The number of hydrogen-bond acceptors (Lipinski definition) is 9. The second-order valence-electron chi connectivity index (χ2n) is 7.75. The van der Waals surface area contributed by atoms with Gasteiger partial charge in [0, 0.05) is 37.9 Å². The van der Waals surface area contributed by atoms with Gasteiger partial charge in [0.1, 0.15) is 23.3 Å². The third-order valence-corrected chi connectivity index (χ3v) is 6.47. The highest BCUT2D eigenvalue weighted by molar-refractivity contribution is 7.07. The van der Waals surface area contributed by atoms with Crippen molar-refractivity contribution in [1.29, 1.82) is 0 Å². The Morgan fingerprint density at radius 2 is 1.94 bits per heavy atom. The van der Waals surface area contributed by atoms with E-state index in [2.05, 4.69) is 4.99 Å². The molecular weight excluding hydrogens is 458 g/mol. The van der Waals surface area contributed by atoms with Crippen LogP contribution < -0.4 is 29.3 Å². The Labute approximate surface area is 199 Å². The number of allylic oxidation sites excluding steroid dienone is 1. The van der Waals surface area contributed by atoms with Gasteiger partial charge < -0.3 is 23.5 Å². The molecule has 0 radical (unpaired) electrons. The molecular formula is C24H25N3O6S. The van der Waals surface area contributed by atoms with E-state index in [1.807, 2.05) is 25.1 Å². The van der Waals surface area contributed by atoms with Crippen LogP contribution in [0.15, 0.2) is 55.8 Å². The molecule has 0 fully saturated rings. The Morgan fingerprint density at radius 3 is 2.56 bits per heavy atom. The molecule has 3 heterocycles. The summed E-state index contributed by atoms with van der Waals surface area (Å²) in [5, 5.41) is 0. The Balaban J connectivity index is 1.97. The van der Waals surface area contributed by atoms with Gasteiger partial charge in [-0.05, 0) is 25.1 Å². The predicted octanol–water partition coefficient (Wildman–Crippen LogP) is 2.08. The van der Waals surface area contributed by atoms with Crippen LogP contribution in [0.3, 0.4) is 0 Å². The molecule has 2 aromatic heterocycles. The summed E-state index contributed by atoms with van der Waals surface area (Å²) < 4.78 is 23.7. The topological polar surface area (TPSA) is 95.5 Å². The van der Waals surface area contributed by atoms with Gasteiger partial charge >= 0.3 is 5.97 Å². The van der Waals surface area contributed by atoms with Crippen molar-refractivity contribution in [2.45, 2.75) is 13.0 Å². The summed E-state index contributed by atoms with van der Waals surface area (Å²) in [6.45, 7) is 1.72. The van der Waals surface area contributed by atoms with Crippen molar-refractivity contribution >= 4 is 29.3 Å². The van der Waals surface area contributed by atoms with E-state index in [9.17, 15) is 9.59 Å². The molecule has 0 aliphatic carbocycles. The first-order chi connectivity index (χ1) is 16.3. The van der Waals surface area contributed by atoms with E-state index in [4.69, 9.17) is 18.6 Å². The van der Waals surface area contributed by atoms with E-state index >= 15 is 0 Å². The molecule has 0 N–H and O–H groups in total. The van der Waals surface area contributed by atoms with Crippen LogP contribution in [0.4, 0.5) is 5.88 Å². The number of methoxy groups -OCH3 is 3. The average Bonchev–Trinajstić information content (AvgIpc) is 3.42. The van der Waals surface area contributed by atoms with Gasteiger partial charge in [0.05, 0.1) is 37.1 Å². The Bertz CT molecular complexity index is 1460. The smallest absolute Gasteiger partial charge is 0.338 e. The van der Waals surface area contributed by atoms with Crippen molar-refractivity contribution in [3.63, 3.8) is 0 Å². The second-order valence-corrected chi connectivity index (χ2v) is 8.76. The third-order valence-electron chi connectivity index (χ3n) is 5.49. The van der Waals surface area contributed by atoms with Crippen molar-refractivity contribution in [1.82, 2.24) is 4.57 Å². The number of thiazole rings is 1. The van der Waals surface area contributed by atoms with E-state index in [0.29, 0.717) is 43.7 Å². The van der Waals surface area contributed by atoms with Crippen LogP contribution in [0.25, 0.3) is 6.08 Å². The summed E-state index contributed by atoms with van der Waals surface area (Å²) in [5.74, 6) is 1.69. The molecule has 10 heteroatoms. The molecule has 1 atom stereocenters. The lowest BCUT2D eigenvalue weighted by Crippen LogP contribution is -2.40. The lowest BCUT2D eigenvalue weighted by atomic mass is 9.95. The maximum absolute atomic E-state index is 13.6. The van der Waals surface area contributed by atoms with E-state index in [-0.39, 0.29) is 11.1 Å². The summed E-state index contributed by atoms with van der Waals surface area (Å²) in [4.78, 5) is 33.3. The van der Waals surface area contributed by atoms with E-state index in [1.165, 1.54) is 30.1 Å². The molecule has 178 valence electrons. The number of carbonyl (C=O) groups excluding carboxylic acids is 1. The lowest BCUT2D eigenvalue weighted by Gasteiger charge is -2.25. The van der Waals surface area contributed by atoms with Gasteiger partial charge in [-0.3, -0.25) is 9.36 Å². The largest absolute Gasteiger partial charge is 0.497 e. The predicted molar refractivity (Wildman–Crippen MR) is 128 cm³/mol. The van der Waals surface area contributed by atoms with Gasteiger partial charge in [-0.25, -0.2) is 9.79 Å². The fraction of sp³-hybridized carbons (Fsp3) is 0.292. The monoisotopic (exact) mass is 483 g/mol. The maximum atomic E-state index is 13.6. The van der Waals surface area contributed by atoms with Crippen LogP contribution in [-0.2, 0) is 9.53 Å². The molecule has 0 saturated carbocycles. The molecule has 1 aliphatic heterocycles. The summed E-state index contributed by atoms with van der Waals surface area (Å²) in [7, 11) is 8.12. The number of aromatic nitrogens is 1. The van der Waals surface area contributed by atoms with Crippen molar-refractivity contribution in [2.75, 3.05) is 40.3 Å². The Hall–Kier alpha value is -3.79. The molecule has 0 saturated heterocycles. The Kier molecular flexibility index (Phi) is 6.34. The van der Waals surface area contributed by atoms with Crippen molar-refractivity contribution in [2.24, 2.45) is 4.99 Å². The second kappa shape index (κ2) is 9.22. The number of benzene rings is 1. The Morgan fingerprint density at radius 1 is 1.18 bits per heavy atom. The number of rotatable bonds is 6. The minimum atomic E-state index is -0.791. The number of esters is 1. The number of ether oxygens (including phenoxy) is 3. The van der Waals surface area contributed by atoms with E-state index in [0.717, 1.165) is 0 Å². The third kappa shape index (κ3) is 4.01. The van der Waals surface area contributed by atoms with Crippen LogP contribution in [0.5, 0.6) is 11.5 Å². The summed E-state index contributed by atoms with van der Waals surface area (Å²) in [6, 6.07) is 8.07. The zero-order chi connectivity index (χ0) is 24.6. The molecule has 0 unspecified atom stereocenters. The molecule has 9 nitrogen and oxygen atoms in total. The number of anilines is 1. The van der Waals surface area contributed by atoms with Gasteiger partial charge in [-0.1, -0.05) is 11.3 Å².